The van der Waals surface area contributed by atoms with E-state index in [1.807, 2.05) is 86.8 Å². The Morgan fingerprint density at radius 3 is 2.38 bits per heavy atom. The second-order valence-corrected chi connectivity index (χ2v) is 12.3. The summed E-state index contributed by atoms with van der Waals surface area (Å²) in [5.41, 5.74) is 1.39. The van der Waals surface area contributed by atoms with Crippen LogP contribution < -0.4 is 10.6 Å². The Morgan fingerprint density at radius 2 is 1.74 bits per heavy atom. The number of amides is 3. The van der Waals surface area contributed by atoms with Crippen LogP contribution in [0.15, 0.2) is 73.3 Å². The summed E-state index contributed by atoms with van der Waals surface area (Å²) in [4.78, 5) is 43.0. The van der Waals surface area contributed by atoms with Crippen LogP contribution in [0.2, 0.25) is 0 Å². The quantitative estimate of drug-likeness (QED) is 0.229. The van der Waals surface area contributed by atoms with Gasteiger partial charge < -0.3 is 20.3 Å². The molecular weight excluding hydrogens is 546 g/mol. The monoisotopic (exact) mass is 589 g/mol. The molecule has 3 amide bonds. The van der Waals surface area contributed by atoms with Crippen LogP contribution >= 0.6 is 11.8 Å². The lowest BCUT2D eigenvalue weighted by Crippen LogP contribution is -2.55. The van der Waals surface area contributed by atoms with Crippen LogP contribution in [0.3, 0.4) is 0 Å². The Bertz CT molecular complexity index is 1400. The number of alkyl carbamates (subject to hydrolysis) is 1. The molecule has 0 aromatic heterocycles. The summed E-state index contributed by atoms with van der Waals surface area (Å²) in [6, 6.07) is 19.0. The van der Waals surface area contributed by atoms with Crippen molar-refractivity contribution in [2.45, 2.75) is 71.2 Å². The highest BCUT2D eigenvalue weighted by Gasteiger charge is 2.38. The summed E-state index contributed by atoms with van der Waals surface area (Å²) >= 11 is 1.58. The molecule has 0 aliphatic rings. The molecule has 8 heteroatoms. The van der Waals surface area contributed by atoms with Crippen molar-refractivity contribution in [2.75, 3.05) is 17.3 Å². The molecule has 3 atom stereocenters. The van der Waals surface area contributed by atoms with Gasteiger partial charge in [-0.15, -0.1) is 0 Å². The highest BCUT2D eigenvalue weighted by atomic mass is 32.2. The first-order valence-electron chi connectivity index (χ1n) is 14.3. The normalized spacial score (nSPS) is 13.5. The number of anilines is 1. The topological polar surface area (TPSA) is 87.7 Å². The third-order valence-corrected chi connectivity index (χ3v) is 7.57. The van der Waals surface area contributed by atoms with Crippen LogP contribution in [-0.2, 0) is 14.3 Å². The summed E-state index contributed by atoms with van der Waals surface area (Å²) in [5, 5.41) is 7.91. The van der Waals surface area contributed by atoms with Gasteiger partial charge in [0, 0.05) is 11.7 Å². The molecule has 0 aliphatic carbocycles. The largest absolute Gasteiger partial charge is 0.444 e. The molecule has 42 heavy (non-hydrogen) atoms. The number of nitrogens with one attached hydrogen (secondary N) is 2. The minimum Gasteiger partial charge on any atom is -0.444 e. The standard InChI is InChI=1S/C34H43N3O4S/c1-8-23(3)37(32(39)29(19-20-42-7)36-33(40)41-34(4,5)6)30(27-16-12-13-24(9-2)21-27)31(38)35-28-18-17-25-14-10-11-15-26(25)22-28/h9-18,21-23,29-30H,2,8,19-20H2,1,3-7H3,(H,35,38)(H,36,40). The molecule has 0 aliphatic heterocycles. The number of nitrogens with zero attached hydrogens (tertiary/aromatic N) is 1. The molecule has 0 spiro atoms. The Balaban J connectivity index is 2.06. The van der Waals surface area contributed by atoms with Gasteiger partial charge in [-0.05, 0) is 92.6 Å². The maximum atomic E-state index is 14.4. The Kier molecular flexibility index (Phi) is 11.6. The van der Waals surface area contributed by atoms with E-state index in [9.17, 15) is 14.4 Å². The van der Waals surface area contributed by atoms with Gasteiger partial charge >= 0.3 is 6.09 Å². The first kappa shape index (κ1) is 32.7. The van der Waals surface area contributed by atoms with Gasteiger partial charge in [0.2, 0.25) is 5.91 Å². The van der Waals surface area contributed by atoms with Crippen molar-refractivity contribution in [3.8, 4) is 0 Å². The summed E-state index contributed by atoms with van der Waals surface area (Å²) in [6.07, 6.45) is 3.98. The molecule has 0 radical (unpaired) electrons. The fourth-order valence-corrected chi connectivity index (χ4v) is 5.16. The maximum absolute atomic E-state index is 14.4. The minimum absolute atomic E-state index is 0.311. The van der Waals surface area contributed by atoms with E-state index in [1.54, 1.807) is 43.5 Å². The molecule has 224 valence electrons. The summed E-state index contributed by atoms with van der Waals surface area (Å²) in [7, 11) is 0. The van der Waals surface area contributed by atoms with E-state index in [0.717, 1.165) is 16.3 Å². The van der Waals surface area contributed by atoms with Crippen LogP contribution in [0.25, 0.3) is 16.8 Å². The van der Waals surface area contributed by atoms with Crippen molar-refractivity contribution < 1.29 is 19.1 Å². The SMILES string of the molecule is C=Cc1cccc(C(C(=O)Nc2ccc3ccccc3c2)N(C(=O)C(CCSC)NC(=O)OC(C)(C)C)C(C)CC)c1. The average molecular weight is 590 g/mol. The van der Waals surface area contributed by atoms with E-state index in [4.69, 9.17) is 4.74 Å². The smallest absolute Gasteiger partial charge is 0.408 e. The molecular formula is C34H43N3O4S. The number of benzene rings is 3. The lowest BCUT2D eigenvalue weighted by atomic mass is 9.97. The Labute approximate surface area is 254 Å². The molecule has 0 fully saturated rings. The van der Waals surface area contributed by atoms with Crippen molar-refractivity contribution >= 4 is 52.2 Å². The van der Waals surface area contributed by atoms with E-state index in [-0.39, 0.29) is 17.9 Å². The zero-order valence-corrected chi connectivity index (χ0v) is 26.3. The lowest BCUT2D eigenvalue weighted by Gasteiger charge is -2.38. The fourth-order valence-electron chi connectivity index (χ4n) is 4.69. The van der Waals surface area contributed by atoms with E-state index in [1.165, 1.54) is 0 Å². The van der Waals surface area contributed by atoms with Crippen molar-refractivity contribution in [3.05, 3.63) is 84.4 Å². The second-order valence-electron chi connectivity index (χ2n) is 11.3. The first-order chi connectivity index (χ1) is 20.0. The molecule has 0 saturated heterocycles. The number of rotatable bonds is 12. The van der Waals surface area contributed by atoms with Crippen molar-refractivity contribution in [1.29, 1.82) is 0 Å². The highest BCUT2D eigenvalue weighted by Crippen LogP contribution is 2.29. The predicted molar refractivity (Wildman–Crippen MR) is 175 cm³/mol. The van der Waals surface area contributed by atoms with Crippen molar-refractivity contribution in [3.63, 3.8) is 0 Å². The molecule has 0 bridgehead atoms. The summed E-state index contributed by atoms with van der Waals surface area (Å²) in [5.74, 6) is -0.0477. The molecule has 2 N–H and O–H groups in total. The average Bonchev–Trinajstić information content (AvgIpc) is 2.96. The summed E-state index contributed by atoms with van der Waals surface area (Å²) in [6.45, 7) is 13.1. The van der Waals surface area contributed by atoms with E-state index >= 15 is 0 Å². The van der Waals surface area contributed by atoms with Gasteiger partial charge in [-0.3, -0.25) is 9.59 Å². The Morgan fingerprint density at radius 1 is 1.02 bits per heavy atom. The van der Waals surface area contributed by atoms with Crippen LogP contribution in [0, 0.1) is 0 Å². The summed E-state index contributed by atoms with van der Waals surface area (Å²) < 4.78 is 5.48. The van der Waals surface area contributed by atoms with Crippen molar-refractivity contribution in [2.24, 2.45) is 0 Å². The fraction of sp³-hybridized carbons (Fsp3) is 0.382. The number of carbonyl (C=O) groups excluding carboxylic acids is 3. The number of hydrogen-bond donors (Lipinski definition) is 2. The number of thioether (sulfide) groups is 1. The van der Waals surface area contributed by atoms with E-state index < -0.39 is 23.8 Å². The van der Waals surface area contributed by atoms with Crippen LogP contribution in [0.5, 0.6) is 0 Å². The van der Waals surface area contributed by atoms with Gasteiger partial charge in [-0.1, -0.05) is 68.1 Å². The lowest BCUT2D eigenvalue weighted by molar-refractivity contribution is -0.143. The van der Waals surface area contributed by atoms with Crippen molar-refractivity contribution in [1.82, 2.24) is 10.2 Å². The van der Waals surface area contributed by atoms with Gasteiger partial charge in [-0.25, -0.2) is 4.79 Å². The molecule has 3 aromatic carbocycles. The van der Waals surface area contributed by atoms with Crippen LogP contribution in [0.1, 0.15) is 64.6 Å². The minimum atomic E-state index is -0.962. The van der Waals surface area contributed by atoms with E-state index in [2.05, 4.69) is 17.2 Å². The van der Waals surface area contributed by atoms with E-state index in [0.29, 0.717) is 29.8 Å². The molecule has 0 heterocycles. The molecule has 3 aromatic rings. The molecule has 0 saturated carbocycles. The molecule has 3 unspecified atom stereocenters. The third-order valence-electron chi connectivity index (χ3n) is 6.93. The predicted octanol–water partition coefficient (Wildman–Crippen LogP) is 7.44. The number of hydrogen-bond acceptors (Lipinski definition) is 5. The van der Waals surface area contributed by atoms with Gasteiger partial charge in [0.1, 0.15) is 17.7 Å². The number of fused-ring (bicyclic) bond motifs is 1. The second kappa shape index (κ2) is 14.9. The van der Waals surface area contributed by atoms with Crippen LogP contribution in [-0.4, -0.2) is 52.5 Å². The van der Waals surface area contributed by atoms with Gasteiger partial charge in [-0.2, -0.15) is 11.8 Å². The third kappa shape index (κ3) is 8.86. The zero-order chi connectivity index (χ0) is 30.9. The molecule has 7 nitrogen and oxygen atoms in total. The zero-order valence-electron chi connectivity index (χ0n) is 25.5. The van der Waals surface area contributed by atoms with Gasteiger partial charge in [0.25, 0.3) is 5.91 Å². The first-order valence-corrected chi connectivity index (χ1v) is 15.7. The molecule has 3 rings (SSSR count). The highest BCUT2D eigenvalue weighted by molar-refractivity contribution is 7.98. The number of ether oxygens (including phenoxy) is 1. The maximum Gasteiger partial charge on any atom is 0.408 e. The van der Waals surface area contributed by atoms with Gasteiger partial charge in [0.05, 0.1) is 0 Å². The Hall–Kier alpha value is -3.78. The number of carbonyl (C=O) groups is 3. The van der Waals surface area contributed by atoms with Gasteiger partial charge in [0.15, 0.2) is 0 Å². The van der Waals surface area contributed by atoms with Crippen LogP contribution in [0.4, 0.5) is 10.5 Å².